The molecular weight excluding hydrogens is 470 g/mol. The van der Waals surface area contributed by atoms with E-state index in [1.54, 1.807) is 25.3 Å². The lowest BCUT2D eigenvalue weighted by Gasteiger charge is -2.28. The maximum absolute atomic E-state index is 13.3. The average Bonchev–Trinajstić information content (AvgIpc) is 2.87. The van der Waals surface area contributed by atoms with Gasteiger partial charge in [0.2, 0.25) is 0 Å². The van der Waals surface area contributed by atoms with Crippen molar-refractivity contribution in [2.24, 2.45) is 0 Å². The van der Waals surface area contributed by atoms with Gasteiger partial charge in [0.25, 0.3) is 0 Å². The average molecular weight is 500 g/mol. The molecule has 7 heteroatoms. The van der Waals surface area contributed by atoms with Crippen LogP contribution in [0.5, 0.6) is 11.5 Å². The SMILES string of the molecule is CC1CCCC(=O)CCCC=Cc2cc3c(c(O)c2C(=O)O1)C(c1ccc2ncccc2c1)CC(=O)O3. The van der Waals surface area contributed by atoms with Gasteiger partial charge in [0, 0.05) is 35.9 Å². The van der Waals surface area contributed by atoms with E-state index in [0.717, 1.165) is 16.5 Å². The maximum Gasteiger partial charge on any atom is 0.342 e. The summed E-state index contributed by atoms with van der Waals surface area (Å²) in [6, 6.07) is 11.1. The first-order valence-electron chi connectivity index (χ1n) is 12.7. The number of fused-ring (bicyclic) bond motifs is 3. The molecule has 2 atom stereocenters. The molecule has 2 aliphatic rings. The minimum Gasteiger partial charge on any atom is -0.507 e. The molecule has 0 saturated heterocycles. The number of benzene rings is 2. The number of cyclic esters (lactones) is 1. The van der Waals surface area contributed by atoms with E-state index in [2.05, 4.69) is 4.98 Å². The van der Waals surface area contributed by atoms with Gasteiger partial charge in [0.15, 0.2) is 0 Å². The molecule has 1 N–H and O–H groups in total. The predicted molar refractivity (Wildman–Crippen MR) is 139 cm³/mol. The van der Waals surface area contributed by atoms with E-state index in [4.69, 9.17) is 9.47 Å². The molecule has 2 aliphatic heterocycles. The summed E-state index contributed by atoms with van der Waals surface area (Å²) < 4.78 is 11.2. The van der Waals surface area contributed by atoms with Gasteiger partial charge in [-0.25, -0.2) is 4.79 Å². The van der Waals surface area contributed by atoms with Crippen molar-refractivity contribution in [1.29, 1.82) is 0 Å². The monoisotopic (exact) mass is 499 g/mol. The number of phenols is 1. The number of hydrogen-bond donors (Lipinski definition) is 1. The van der Waals surface area contributed by atoms with Crippen LogP contribution >= 0.6 is 0 Å². The molecule has 0 fully saturated rings. The van der Waals surface area contributed by atoms with Crippen molar-refractivity contribution in [3.05, 3.63) is 70.9 Å². The van der Waals surface area contributed by atoms with Crippen molar-refractivity contribution in [3.63, 3.8) is 0 Å². The maximum atomic E-state index is 13.3. The Kier molecular flexibility index (Phi) is 7.04. The van der Waals surface area contributed by atoms with Crippen molar-refractivity contribution in [3.8, 4) is 11.5 Å². The number of ether oxygens (including phenoxy) is 2. The van der Waals surface area contributed by atoms with Crippen LogP contribution in [0.3, 0.4) is 0 Å². The third kappa shape index (κ3) is 5.26. The van der Waals surface area contributed by atoms with Crippen LogP contribution in [0.15, 0.2) is 48.7 Å². The molecule has 3 heterocycles. The van der Waals surface area contributed by atoms with E-state index >= 15 is 0 Å². The van der Waals surface area contributed by atoms with Crippen LogP contribution in [0.25, 0.3) is 17.0 Å². The summed E-state index contributed by atoms with van der Waals surface area (Å²) in [5.74, 6) is -1.36. The lowest BCUT2D eigenvalue weighted by atomic mass is 9.83. The van der Waals surface area contributed by atoms with Gasteiger partial charge in [-0.05, 0) is 68.0 Å². The molecule has 2 aromatic carbocycles. The van der Waals surface area contributed by atoms with Crippen LogP contribution in [0.4, 0.5) is 0 Å². The second-order valence-electron chi connectivity index (χ2n) is 9.73. The Morgan fingerprint density at radius 3 is 2.76 bits per heavy atom. The van der Waals surface area contributed by atoms with E-state index in [1.807, 2.05) is 36.4 Å². The van der Waals surface area contributed by atoms with Crippen LogP contribution < -0.4 is 4.74 Å². The molecule has 0 bridgehead atoms. The molecule has 1 aromatic heterocycles. The Morgan fingerprint density at radius 1 is 1.05 bits per heavy atom. The number of nitrogens with zero attached hydrogens (tertiary/aromatic N) is 1. The second kappa shape index (κ2) is 10.5. The van der Waals surface area contributed by atoms with Gasteiger partial charge in [0.1, 0.15) is 22.8 Å². The number of aromatic hydroxyl groups is 1. The van der Waals surface area contributed by atoms with Gasteiger partial charge in [-0.1, -0.05) is 24.3 Å². The molecule has 0 aliphatic carbocycles. The van der Waals surface area contributed by atoms with Crippen LogP contribution in [0.1, 0.15) is 84.8 Å². The summed E-state index contributed by atoms with van der Waals surface area (Å²) in [5.41, 5.74) is 2.50. The first-order chi connectivity index (χ1) is 17.9. The number of allylic oxidation sites excluding steroid dienone is 1. The molecule has 3 aromatic rings. The number of hydrogen-bond acceptors (Lipinski definition) is 7. The number of ketones is 1. The van der Waals surface area contributed by atoms with E-state index < -0.39 is 24.0 Å². The van der Waals surface area contributed by atoms with Crippen molar-refractivity contribution < 1.29 is 29.0 Å². The van der Waals surface area contributed by atoms with Gasteiger partial charge in [-0.3, -0.25) is 14.6 Å². The third-order valence-electron chi connectivity index (χ3n) is 7.01. The van der Waals surface area contributed by atoms with Gasteiger partial charge < -0.3 is 14.6 Å². The zero-order valence-corrected chi connectivity index (χ0v) is 20.7. The summed E-state index contributed by atoms with van der Waals surface area (Å²) in [6.07, 6.45) is 8.41. The summed E-state index contributed by atoms with van der Waals surface area (Å²) in [6.45, 7) is 1.78. The number of esters is 2. The number of pyridine rings is 1. The highest BCUT2D eigenvalue weighted by molar-refractivity contribution is 5.98. The number of Topliss-reactive ketones (excluding diaryl/α,β-unsaturated/α-hetero) is 1. The minimum absolute atomic E-state index is 0.0282. The summed E-state index contributed by atoms with van der Waals surface area (Å²) in [4.78, 5) is 42.4. The summed E-state index contributed by atoms with van der Waals surface area (Å²) in [5, 5.41) is 12.4. The fraction of sp³-hybridized carbons (Fsp3) is 0.333. The van der Waals surface area contributed by atoms with E-state index in [9.17, 15) is 19.5 Å². The highest BCUT2D eigenvalue weighted by Crippen LogP contribution is 2.47. The number of carbonyl (C=O) groups is 3. The predicted octanol–water partition coefficient (Wildman–Crippen LogP) is 5.86. The van der Waals surface area contributed by atoms with Gasteiger partial charge in [0.05, 0.1) is 18.0 Å². The van der Waals surface area contributed by atoms with Gasteiger partial charge >= 0.3 is 11.9 Å². The van der Waals surface area contributed by atoms with Crippen molar-refractivity contribution in [2.75, 3.05) is 0 Å². The zero-order chi connectivity index (χ0) is 25.9. The van der Waals surface area contributed by atoms with E-state index in [-0.39, 0.29) is 29.3 Å². The molecule has 2 unspecified atom stereocenters. The van der Waals surface area contributed by atoms with Crippen LogP contribution in [0.2, 0.25) is 0 Å². The molecule has 0 radical (unpaired) electrons. The van der Waals surface area contributed by atoms with Gasteiger partial charge in [-0.15, -0.1) is 0 Å². The van der Waals surface area contributed by atoms with Crippen LogP contribution in [0, 0.1) is 0 Å². The zero-order valence-electron chi connectivity index (χ0n) is 20.7. The first-order valence-corrected chi connectivity index (χ1v) is 12.7. The topological polar surface area (TPSA) is 103 Å². The Labute approximate surface area is 215 Å². The molecule has 7 nitrogen and oxygen atoms in total. The smallest absolute Gasteiger partial charge is 0.342 e. The van der Waals surface area contributed by atoms with Gasteiger partial charge in [-0.2, -0.15) is 0 Å². The molecule has 37 heavy (non-hydrogen) atoms. The number of aromatic nitrogens is 1. The molecule has 5 rings (SSSR count). The minimum atomic E-state index is -0.644. The lowest BCUT2D eigenvalue weighted by molar-refractivity contribution is -0.135. The first kappa shape index (κ1) is 24.7. The highest BCUT2D eigenvalue weighted by atomic mass is 16.5. The summed E-state index contributed by atoms with van der Waals surface area (Å²) in [7, 11) is 0. The standard InChI is InChI=1S/C30H29NO6/c1-18-7-5-11-22(32)10-4-2-3-8-21-16-25-28(29(34)27(21)30(35)36-18)23(17-26(33)37-25)19-12-13-24-20(15-19)9-6-14-31-24/h3,6,8-9,12-16,18,23,34H,2,4-5,7,10-11,17H2,1H3. The Balaban J connectivity index is 1.61. The lowest BCUT2D eigenvalue weighted by Crippen LogP contribution is -2.23. The van der Waals surface area contributed by atoms with Crippen molar-refractivity contribution >= 4 is 34.7 Å². The molecule has 0 saturated carbocycles. The number of phenolic OH excluding ortho intramolecular Hbond substituents is 1. The molecular formula is C30H29NO6. The fourth-order valence-corrected chi connectivity index (χ4v) is 5.11. The highest BCUT2D eigenvalue weighted by Gasteiger charge is 2.35. The summed E-state index contributed by atoms with van der Waals surface area (Å²) >= 11 is 0. The molecule has 0 amide bonds. The largest absolute Gasteiger partial charge is 0.507 e. The second-order valence-corrected chi connectivity index (χ2v) is 9.73. The number of carbonyl (C=O) groups excluding carboxylic acids is 3. The normalized spacial score (nSPS) is 20.9. The fourth-order valence-electron chi connectivity index (χ4n) is 5.11. The van der Waals surface area contributed by atoms with Crippen molar-refractivity contribution in [1.82, 2.24) is 4.98 Å². The Morgan fingerprint density at radius 2 is 1.89 bits per heavy atom. The molecule has 190 valence electrons. The van der Waals surface area contributed by atoms with Crippen LogP contribution in [-0.4, -0.2) is 33.9 Å². The number of rotatable bonds is 1. The third-order valence-corrected chi connectivity index (χ3v) is 7.01. The van der Waals surface area contributed by atoms with E-state index in [0.29, 0.717) is 49.7 Å². The Hall–Kier alpha value is -4.00. The molecule has 0 spiro atoms. The Bertz CT molecular complexity index is 1410. The van der Waals surface area contributed by atoms with Crippen molar-refractivity contribution in [2.45, 2.75) is 63.9 Å². The van der Waals surface area contributed by atoms with Crippen LogP contribution in [-0.2, 0) is 14.3 Å². The van der Waals surface area contributed by atoms with E-state index in [1.165, 1.54) is 0 Å². The quantitative estimate of drug-likeness (QED) is 0.330.